The van der Waals surface area contributed by atoms with Crippen LogP contribution >= 0.6 is 56.5 Å². The Labute approximate surface area is 102 Å². The largest absolute Gasteiger partial charge is 0.398 e. The van der Waals surface area contributed by atoms with Crippen molar-refractivity contribution in [2.24, 2.45) is 0 Å². The molecule has 2 rings (SSSR count). The number of hydrogen-bond donors (Lipinski definition) is 1. The van der Waals surface area contributed by atoms with Crippen LogP contribution in [0, 0.1) is 6.45 Å². The van der Waals surface area contributed by atoms with Gasteiger partial charge in [0, 0.05) is 5.69 Å². The van der Waals surface area contributed by atoms with Crippen molar-refractivity contribution in [1.82, 2.24) is 0 Å². The zero-order valence-electron chi connectivity index (χ0n) is 5.97. The van der Waals surface area contributed by atoms with E-state index in [2.05, 4.69) is 57.3 Å². The molecule has 1 nitrogen and oxygen atoms in total. The number of anilines is 1. The van der Waals surface area contributed by atoms with Gasteiger partial charge in [-0.2, -0.15) is 0 Å². The number of nitrogens with two attached hydrogens (primary N) is 1. The molecule has 0 atom stereocenters. The smallest absolute Gasteiger partial charge is 0.0666 e. The summed E-state index contributed by atoms with van der Waals surface area (Å²) in [5, 5.41) is 1.29. The molecule has 0 bridgehead atoms. The zero-order chi connectivity index (χ0) is 8.72. The van der Waals surface area contributed by atoms with Crippen LogP contribution in [0.5, 0.6) is 0 Å². The predicted molar refractivity (Wildman–Crippen MR) is 71.7 cm³/mol. The summed E-state index contributed by atoms with van der Waals surface area (Å²) in [4.78, 5) is 0. The molecule has 0 aliphatic carbocycles. The van der Waals surface area contributed by atoms with Crippen molar-refractivity contribution in [2.45, 2.75) is 0 Å². The van der Waals surface area contributed by atoms with Crippen LogP contribution in [0.3, 0.4) is 0 Å². The first-order valence-electron chi connectivity index (χ1n) is 3.31. The van der Waals surface area contributed by atoms with E-state index in [0.717, 1.165) is 5.69 Å². The van der Waals surface area contributed by atoms with Gasteiger partial charge in [0.15, 0.2) is 0 Å². The molecule has 0 fully saturated rings. The maximum atomic E-state index is 5.79. The number of hydrogen-bond acceptors (Lipinski definition) is 2. The SMILES string of the molecule is Nc1ccc2cc(I)sc2c1I. The van der Waals surface area contributed by atoms with Crippen molar-refractivity contribution in [3.8, 4) is 0 Å². The Kier molecular flexibility index (Phi) is 2.48. The number of benzene rings is 1. The van der Waals surface area contributed by atoms with Gasteiger partial charge >= 0.3 is 0 Å². The van der Waals surface area contributed by atoms with Crippen molar-refractivity contribution < 1.29 is 0 Å². The first-order valence-corrected chi connectivity index (χ1v) is 6.29. The van der Waals surface area contributed by atoms with Crippen molar-refractivity contribution in [3.05, 3.63) is 24.7 Å². The average Bonchev–Trinajstić information content (AvgIpc) is 2.39. The monoisotopic (exact) mass is 401 g/mol. The maximum absolute atomic E-state index is 5.79. The standard InChI is InChI=1S/C8H5I2NS/c9-6-3-4-1-2-5(11)7(10)8(4)12-6/h1-3H,11H2. The Morgan fingerprint density at radius 1 is 1.25 bits per heavy atom. The molecule has 0 saturated carbocycles. The van der Waals surface area contributed by atoms with Gasteiger partial charge in [0.05, 0.1) is 11.2 Å². The van der Waals surface area contributed by atoms with Crippen molar-refractivity contribution in [1.29, 1.82) is 0 Å². The summed E-state index contributed by atoms with van der Waals surface area (Å²) in [5.41, 5.74) is 6.67. The molecule has 1 aromatic carbocycles. The summed E-state index contributed by atoms with van der Waals surface area (Å²) in [6, 6.07) is 6.22. The third-order valence-electron chi connectivity index (χ3n) is 1.63. The maximum Gasteiger partial charge on any atom is 0.0666 e. The van der Waals surface area contributed by atoms with Gasteiger partial charge in [-0.3, -0.25) is 0 Å². The Morgan fingerprint density at radius 2 is 2.00 bits per heavy atom. The predicted octanol–water partition coefficient (Wildman–Crippen LogP) is 3.69. The fraction of sp³-hybridized carbons (Fsp3) is 0. The Hall–Kier alpha value is 0.440. The van der Waals surface area contributed by atoms with E-state index in [9.17, 15) is 0 Å². The quantitative estimate of drug-likeness (QED) is 0.529. The van der Waals surface area contributed by atoms with Gasteiger partial charge in [-0.15, -0.1) is 11.3 Å². The molecular weight excluding hydrogens is 396 g/mol. The van der Waals surface area contributed by atoms with E-state index in [1.807, 2.05) is 6.07 Å². The molecule has 0 aliphatic rings. The highest BCUT2D eigenvalue weighted by molar-refractivity contribution is 14.1. The summed E-state index contributed by atoms with van der Waals surface area (Å²) < 4.78 is 3.80. The molecule has 0 aliphatic heterocycles. The molecule has 0 amide bonds. The van der Waals surface area contributed by atoms with Crippen LogP contribution in [-0.4, -0.2) is 0 Å². The Bertz CT molecular complexity index is 436. The summed E-state index contributed by atoms with van der Waals surface area (Å²) in [7, 11) is 0. The fourth-order valence-corrected chi connectivity index (χ4v) is 3.70. The lowest BCUT2D eigenvalue weighted by Crippen LogP contribution is -1.87. The lowest BCUT2D eigenvalue weighted by molar-refractivity contribution is 1.74. The molecule has 0 unspecified atom stereocenters. The van der Waals surface area contributed by atoms with Crippen molar-refractivity contribution in [3.63, 3.8) is 0 Å². The van der Waals surface area contributed by atoms with E-state index in [1.54, 1.807) is 11.3 Å². The van der Waals surface area contributed by atoms with E-state index in [0.29, 0.717) is 0 Å². The highest BCUT2D eigenvalue weighted by Gasteiger charge is 2.05. The molecule has 0 radical (unpaired) electrons. The molecule has 12 heavy (non-hydrogen) atoms. The highest BCUT2D eigenvalue weighted by Crippen LogP contribution is 2.33. The van der Waals surface area contributed by atoms with Crippen LogP contribution in [0.1, 0.15) is 0 Å². The minimum absolute atomic E-state index is 0.876. The number of nitrogen functional groups attached to an aromatic ring is 1. The minimum atomic E-state index is 0.876. The van der Waals surface area contributed by atoms with Crippen LogP contribution in [0.15, 0.2) is 18.2 Å². The third kappa shape index (κ3) is 1.44. The van der Waals surface area contributed by atoms with E-state index in [4.69, 9.17) is 5.73 Å². The number of rotatable bonds is 0. The normalized spacial score (nSPS) is 10.8. The minimum Gasteiger partial charge on any atom is -0.398 e. The van der Waals surface area contributed by atoms with Gasteiger partial charge in [0.25, 0.3) is 0 Å². The molecule has 2 N–H and O–H groups in total. The summed E-state index contributed by atoms with van der Waals surface area (Å²) in [6.07, 6.45) is 0. The second kappa shape index (κ2) is 3.30. The first-order chi connectivity index (χ1) is 5.68. The first kappa shape index (κ1) is 9.01. The van der Waals surface area contributed by atoms with Crippen LogP contribution in [0.25, 0.3) is 10.1 Å². The summed E-state index contributed by atoms with van der Waals surface area (Å²) in [5.74, 6) is 0. The highest BCUT2D eigenvalue weighted by atomic mass is 127. The van der Waals surface area contributed by atoms with Gasteiger partial charge in [-0.1, -0.05) is 6.07 Å². The fourth-order valence-electron chi connectivity index (χ4n) is 1.05. The average molecular weight is 401 g/mol. The van der Waals surface area contributed by atoms with Crippen LogP contribution in [0.4, 0.5) is 5.69 Å². The van der Waals surface area contributed by atoms with Crippen LogP contribution < -0.4 is 5.73 Å². The van der Waals surface area contributed by atoms with E-state index in [-0.39, 0.29) is 0 Å². The Balaban J connectivity index is 2.89. The van der Waals surface area contributed by atoms with Crippen LogP contribution in [-0.2, 0) is 0 Å². The lowest BCUT2D eigenvalue weighted by Gasteiger charge is -1.97. The Morgan fingerprint density at radius 3 is 2.75 bits per heavy atom. The summed E-state index contributed by atoms with van der Waals surface area (Å²) in [6.45, 7) is 0. The lowest BCUT2D eigenvalue weighted by atomic mass is 10.2. The van der Waals surface area contributed by atoms with E-state index < -0.39 is 0 Å². The number of fused-ring (bicyclic) bond motifs is 1. The molecule has 62 valence electrons. The molecule has 0 spiro atoms. The second-order valence-corrected chi connectivity index (χ2v) is 6.46. The molecule has 1 heterocycles. The summed E-state index contributed by atoms with van der Waals surface area (Å²) >= 11 is 6.43. The number of thiophene rings is 1. The molecule has 2 aromatic rings. The molecular formula is C8H5I2NS. The van der Waals surface area contributed by atoms with Gasteiger partial charge in [-0.05, 0) is 62.7 Å². The molecule has 4 heteroatoms. The van der Waals surface area contributed by atoms with Gasteiger partial charge in [-0.25, -0.2) is 0 Å². The molecule has 1 aromatic heterocycles. The topological polar surface area (TPSA) is 26.0 Å². The third-order valence-corrected chi connectivity index (χ3v) is 5.08. The van der Waals surface area contributed by atoms with Gasteiger partial charge in [0.2, 0.25) is 0 Å². The van der Waals surface area contributed by atoms with E-state index in [1.165, 1.54) is 16.5 Å². The van der Waals surface area contributed by atoms with Crippen molar-refractivity contribution >= 4 is 72.3 Å². The van der Waals surface area contributed by atoms with E-state index >= 15 is 0 Å². The van der Waals surface area contributed by atoms with Gasteiger partial charge < -0.3 is 5.73 Å². The second-order valence-electron chi connectivity index (χ2n) is 2.44. The number of halogens is 2. The molecule has 0 saturated heterocycles. The van der Waals surface area contributed by atoms with Crippen molar-refractivity contribution in [2.75, 3.05) is 5.73 Å². The zero-order valence-corrected chi connectivity index (χ0v) is 11.1. The van der Waals surface area contributed by atoms with Crippen LogP contribution in [0.2, 0.25) is 0 Å². The van der Waals surface area contributed by atoms with Gasteiger partial charge in [0.1, 0.15) is 0 Å².